The van der Waals surface area contributed by atoms with Gasteiger partial charge in [-0.1, -0.05) is 0 Å². The van der Waals surface area contributed by atoms with Gasteiger partial charge in [-0.05, 0) is 0 Å². The van der Waals surface area contributed by atoms with E-state index in [1.807, 2.05) is 0 Å². The Labute approximate surface area is 123 Å². The fraction of sp³-hybridized carbons (Fsp3) is 0.909. The molecule has 3 saturated heterocycles. The standard InChI is InChI=1S/C11H16N3O8/c12-8-13-6(17)2-4-9(19,1-15)5-3(16)10(2,14-8)7(18)11(20,21-4)22-5/h2-7,15-19H,1H2,(H3,12,13,14)/q-1/p+1/t2-,3-,4-,5+,6-,7+,9+,10-,11?/m1/s1. The molecule has 4 bridgehead atoms. The van der Waals surface area contributed by atoms with E-state index >= 15 is 0 Å². The SMILES string of the molecule is NC1=[NH+][C@H](O)[C@H]2[C@H]3OC4([O-])O[C@@H]([C@@H](O)[C@@]2(N1)[C@@H]4O)[C@]3(O)CO. The zero-order valence-corrected chi connectivity index (χ0v) is 11.2. The number of hydrogen-bond donors (Lipinski definition) is 8. The van der Waals surface area contributed by atoms with Crippen LogP contribution in [0.5, 0.6) is 0 Å². The molecule has 0 amide bonds. The molecule has 9 N–H and O–H groups in total. The van der Waals surface area contributed by atoms with E-state index in [0.29, 0.717) is 0 Å². The van der Waals surface area contributed by atoms with Crippen LogP contribution >= 0.6 is 0 Å². The lowest BCUT2D eigenvalue weighted by Crippen LogP contribution is -3.04. The molecule has 5 rings (SSSR count). The summed E-state index contributed by atoms with van der Waals surface area (Å²) in [5, 5.41) is 66.5. The van der Waals surface area contributed by atoms with E-state index < -0.39 is 60.3 Å². The molecule has 1 unspecified atom stereocenters. The van der Waals surface area contributed by atoms with E-state index in [2.05, 4.69) is 10.3 Å². The molecule has 0 aromatic rings. The summed E-state index contributed by atoms with van der Waals surface area (Å²) in [5.74, 6) is -4.07. The van der Waals surface area contributed by atoms with Crippen LogP contribution in [-0.2, 0) is 9.47 Å². The summed E-state index contributed by atoms with van der Waals surface area (Å²) in [7, 11) is 0. The van der Waals surface area contributed by atoms with Gasteiger partial charge in [0, 0.05) is 0 Å². The number of aliphatic hydroxyl groups is 5. The van der Waals surface area contributed by atoms with Crippen molar-refractivity contribution in [2.75, 3.05) is 6.61 Å². The molecule has 1 saturated carbocycles. The maximum absolute atomic E-state index is 12.5. The Morgan fingerprint density at radius 1 is 1.27 bits per heavy atom. The number of aliphatic hydroxyl groups excluding tert-OH is 4. The topological polar surface area (TPSA) is 195 Å². The molecule has 9 atom stereocenters. The second-order valence-corrected chi connectivity index (χ2v) is 6.26. The molecule has 0 aromatic heterocycles. The fourth-order valence-electron chi connectivity index (χ4n) is 4.28. The molecule has 0 radical (unpaired) electrons. The van der Waals surface area contributed by atoms with Crippen LogP contribution in [0.2, 0.25) is 0 Å². The van der Waals surface area contributed by atoms with E-state index in [1.54, 1.807) is 0 Å². The lowest BCUT2D eigenvalue weighted by Gasteiger charge is -2.73. The number of ether oxygens (including phenoxy) is 2. The molecule has 1 aliphatic carbocycles. The van der Waals surface area contributed by atoms with Crippen molar-refractivity contribution < 1.29 is 45.1 Å². The number of rotatable bonds is 1. The normalized spacial score (nSPS) is 62.4. The Balaban J connectivity index is 1.95. The highest BCUT2D eigenvalue weighted by molar-refractivity contribution is 5.74. The van der Waals surface area contributed by atoms with Crippen molar-refractivity contribution in [1.29, 1.82) is 0 Å². The summed E-state index contributed by atoms with van der Waals surface area (Å²) in [4.78, 5) is 2.45. The van der Waals surface area contributed by atoms with Crippen LogP contribution in [0.15, 0.2) is 0 Å². The smallest absolute Gasteiger partial charge is 0.343 e. The first-order valence-electron chi connectivity index (χ1n) is 6.81. The monoisotopic (exact) mass is 319 g/mol. The maximum Gasteiger partial charge on any atom is 0.343 e. The third-order valence-electron chi connectivity index (χ3n) is 5.26. The van der Waals surface area contributed by atoms with Crippen LogP contribution in [0.3, 0.4) is 0 Å². The quantitative estimate of drug-likeness (QED) is 0.230. The molecular weight excluding hydrogens is 302 g/mol. The Morgan fingerprint density at radius 3 is 2.55 bits per heavy atom. The van der Waals surface area contributed by atoms with E-state index in [0.717, 1.165) is 0 Å². The van der Waals surface area contributed by atoms with Crippen LogP contribution < -0.4 is 21.1 Å². The lowest BCUT2D eigenvalue weighted by atomic mass is 9.55. The van der Waals surface area contributed by atoms with E-state index in [-0.39, 0.29) is 5.96 Å². The van der Waals surface area contributed by atoms with Gasteiger partial charge in [-0.15, -0.1) is 0 Å². The average Bonchev–Trinajstić information content (AvgIpc) is 2.45. The molecule has 4 heterocycles. The zero-order chi connectivity index (χ0) is 16.1. The first kappa shape index (κ1) is 14.5. The minimum absolute atomic E-state index is 0.153. The molecule has 22 heavy (non-hydrogen) atoms. The predicted molar refractivity (Wildman–Crippen MR) is 62.0 cm³/mol. The lowest BCUT2D eigenvalue weighted by molar-refractivity contribution is -0.719. The van der Waals surface area contributed by atoms with Gasteiger partial charge in [0.25, 0.3) is 0 Å². The number of guanidine groups is 1. The van der Waals surface area contributed by atoms with Gasteiger partial charge in [0.2, 0.25) is 0 Å². The van der Waals surface area contributed by atoms with E-state index in [1.165, 1.54) is 0 Å². The summed E-state index contributed by atoms with van der Waals surface area (Å²) < 4.78 is 10.1. The van der Waals surface area contributed by atoms with Gasteiger partial charge in [0.05, 0.1) is 12.5 Å². The van der Waals surface area contributed by atoms with Crippen molar-refractivity contribution >= 4 is 5.96 Å². The number of nitrogens with two attached hydrogens (primary N) is 1. The van der Waals surface area contributed by atoms with Crippen molar-refractivity contribution in [2.24, 2.45) is 11.7 Å². The van der Waals surface area contributed by atoms with Crippen LogP contribution in [-0.4, -0.2) is 85.9 Å². The Bertz CT molecular complexity index is 561. The van der Waals surface area contributed by atoms with Crippen LogP contribution in [0.4, 0.5) is 0 Å². The minimum atomic E-state index is -2.75. The van der Waals surface area contributed by atoms with Gasteiger partial charge in [0.1, 0.15) is 36.0 Å². The third-order valence-corrected chi connectivity index (χ3v) is 5.26. The van der Waals surface area contributed by atoms with Crippen molar-refractivity contribution in [3.8, 4) is 0 Å². The Morgan fingerprint density at radius 2 is 1.91 bits per heavy atom. The summed E-state index contributed by atoms with van der Waals surface area (Å²) in [5.41, 5.74) is 1.72. The van der Waals surface area contributed by atoms with E-state index in [9.17, 15) is 30.6 Å². The highest BCUT2D eigenvalue weighted by Gasteiger charge is 2.81. The van der Waals surface area contributed by atoms with Gasteiger partial charge in [-0.2, -0.15) is 0 Å². The summed E-state index contributed by atoms with van der Waals surface area (Å²) >= 11 is 0. The molecule has 4 aliphatic heterocycles. The average molecular weight is 319 g/mol. The predicted octanol–water partition coefficient (Wildman–Crippen LogP) is -8.07. The first-order chi connectivity index (χ1) is 10.2. The van der Waals surface area contributed by atoms with Gasteiger partial charge < -0.3 is 40.1 Å². The van der Waals surface area contributed by atoms with Crippen molar-refractivity contribution in [1.82, 2.24) is 5.32 Å². The van der Waals surface area contributed by atoms with Crippen LogP contribution in [0, 0.1) is 5.92 Å². The highest BCUT2D eigenvalue weighted by atomic mass is 16.9. The Kier molecular flexibility index (Phi) is 2.57. The number of nitrogens with one attached hydrogen (secondary N) is 2. The molecule has 124 valence electrons. The largest absolute Gasteiger partial charge is 0.805 e. The zero-order valence-electron chi connectivity index (χ0n) is 11.2. The Hall–Kier alpha value is -1.05. The maximum atomic E-state index is 12.5. The van der Waals surface area contributed by atoms with Gasteiger partial charge in [-0.3, -0.25) is 16.0 Å². The molecule has 0 aromatic carbocycles. The van der Waals surface area contributed by atoms with Crippen LogP contribution in [0.25, 0.3) is 0 Å². The number of hydrogen-bond acceptors (Lipinski definition) is 10. The molecule has 1 spiro atoms. The van der Waals surface area contributed by atoms with Crippen LogP contribution in [0.1, 0.15) is 0 Å². The molecule has 5 aliphatic rings. The minimum Gasteiger partial charge on any atom is -0.805 e. The van der Waals surface area contributed by atoms with E-state index in [4.69, 9.17) is 15.2 Å². The van der Waals surface area contributed by atoms with Gasteiger partial charge in [-0.25, -0.2) is 0 Å². The molecule has 4 fully saturated rings. The second-order valence-electron chi connectivity index (χ2n) is 6.26. The summed E-state index contributed by atoms with van der Waals surface area (Å²) in [6.45, 7) is -0.871. The van der Waals surface area contributed by atoms with Gasteiger partial charge >= 0.3 is 5.96 Å². The fourth-order valence-corrected chi connectivity index (χ4v) is 4.28. The van der Waals surface area contributed by atoms with Crippen molar-refractivity contribution in [3.63, 3.8) is 0 Å². The first-order valence-corrected chi connectivity index (χ1v) is 6.81. The second kappa shape index (κ2) is 3.88. The third kappa shape index (κ3) is 1.28. The molecule has 11 heteroatoms. The highest BCUT2D eigenvalue weighted by Crippen LogP contribution is 2.56. The molecular formula is C11H17N3O8. The van der Waals surface area contributed by atoms with Crippen molar-refractivity contribution in [2.45, 2.75) is 47.8 Å². The van der Waals surface area contributed by atoms with Crippen molar-refractivity contribution in [3.05, 3.63) is 0 Å². The van der Waals surface area contributed by atoms with Gasteiger partial charge in [0.15, 0.2) is 11.8 Å². The molecule has 11 nitrogen and oxygen atoms in total. The summed E-state index contributed by atoms with van der Waals surface area (Å²) in [6.07, 6.45) is -7.87. The summed E-state index contributed by atoms with van der Waals surface area (Å²) in [6, 6.07) is 0.